The van der Waals surface area contributed by atoms with Crippen molar-refractivity contribution in [3.8, 4) is 0 Å². The van der Waals surface area contributed by atoms with Crippen molar-refractivity contribution >= 4 is 17.5 Å². The van der Waals surface area contributed by atoms with Crippen LogP contribution in [0, 0.1) is 6.92 Å². The smallest absolute Gasteiger partial charge is 0.340 e. The van der Waals surface area contributed by atoms with Crippen LogP contribution in [0.1, 0.15) is 23.6 Å². The van der Waals surface area contributed by atoms with Crippen LogP contribution < -0.4 is 5.32 Å². The van der Waals surface area contributed by atoms with E-state index in [4.69, 9.17) is 0 Å². The van der Waals surface area contributed by atoms with E-state index in [9.17, 15) is 22.8 Å². The zero-order chi connectivity index (χ0) is 22.6. The van der Waals surface area contributed by atoms with E-state index in [-0.39, 0.29) is 11.6 Å². The van der Waals surface area contributed by atoms with Crippen molar-refractivity contribution < 1.29 is 22.8 Å². The summed E-state index contributed by atoms with van der Waals surface area (Å²) in [6, 6.07) is 12.1. The summed E-state index contributed by atoms with van der Waals surface area (Å²) in [7, 11) is 0. The third kappa shape index (κ3) is 5.64. The number of hydrogen-bond acceptors (Lipinski definition) is 3. The number of rotatable bonds is 5. The summed E-state index contributed by atoms with van der Waals surface area (Å²) in [5.74, 6) is -0.471. The maximum Gasteiger partial charge on any atom is 0.418 e. The van der Waals surface area contributed by atoms with Gasteiger partial charge in [-0.3, -0.25) is 14.5 Å². The van der Waals surface area contributed by atoms with Gasteiger partial charge in [0.1, 0.15) is 0 Å². The monoisotopic (exact) mass is 433 g/mol. The molecule has 0 radical (unpaired) electrons. The number of nitrogens with one attached hydrogen (secondary N) is 1. The van der Waals surface area contributed by atoms with E-state index in [1.54, 1.807) is 11.8 Å². The Balaban J connectivity index is 1.55. The van der Waals surface area contributed by atoms with E-state index in [0.29, 0.717) is 32.6 Å². The van der Waals surface area contributed by atoms with Gasteiger partial charge in [-0.1, -0.05) is 36.4 Å². The number of aryl methyl sites for hydroxylation is 1. The molecule has 0 spiro atoms. The second kappa shape index (κ2) is 9.51. The van der Waals surface area contributed by atoms with Crippen molar-refractivity contribution in [2.24, 2.45) is 0 Å². The Morgan fingerprint density at radius 1 is 1.00 bits per heavy atom. The predicted octanol–water partition coefficient (Wildman–Crippen LogP) is 3.73. The molecule has 0 aliphatic carbocycles. The van der Waals surface area contributed by atoms with Crippen molar-refractivity contribution in [1.29, 1.82) is 0 Å². The largest absolute Gasteiger partial charge is 0.418 e. The van der Waals surface area contributed by atoms with Crippen molar-refractivity contribution in [3.63, 3.8) is 0 Å². The van der Waals surface area contributed by atoms with Crippen LogP contribution in [-0.2, 0) is 22.2 Å². The molecule has 1 aliphatic heterocycles. The third-order valence-corrected chi connectivity index (χ3v) is 5.69. The molecule has 2 aromatic carbocycles. The number of amides is 2. The van der Waals surface area contributed by atoms with E-state index in [1.807, 2.05) is 36.1 Å². The van der Waals surface area contributed by atoms with Crippen LogP contribution in [0.4, 0.5) is 18.9 Å². The molecule has 166 valence electrons. The Kier molecular flexibility index (Phi) is 7.00. The summed E-state index contributed by atoms with van der Waals surface area (Å²) in [6.45, 7) is 5.54. The van der Waals surface area contributed by atoms with Crippen molar-refractivity contribution in [1.82, 2.24) is 9.80 Å². The van der Waals surface area contributed by atoms with Gasteiger partial charge < -0.3 is 10.2 Å². The molecule has 1 saturated heterocycles. The van der Waals surface area contributed by atoms with Gasteiger partial charge in [-0.25, -0.2) is 0 Å². The molecule has 1 N–H and O–H groups in total. The number of piperazine rings is 1. The van der Waals surface area contributed by atoms with E-state index >= 15 is 0 Å². The summed E-state index contributed by atoms with van der Waals surface area (Å²) >= 11 is 0. The highest BCUT2D eigenvalue weighted by Crippen LogP contribution is 2.34. The number of hydrogen-bond donors (Lipinski definition) is 1. The molecule has 1 unspecified atom stereocenters. The van der Waals surface area contributed by atoms with Crippen molar-refractivity contribution in [3.05, 3.63) is 65.2 Å². The van der Waals surface area contributed by atoms with Crippen LogP contribution in [0.25, 0.3) is 0 Å². The minimum absolute atomic E-state index is 0.0326. The minimum atomic E-state index is -4.55. The average molecular weight is 433 g/mol. The first-order chi connectivity index (χ1) is 14.7. The third-order valence-electron chi connectivity index (χ3n) is 5.69. The number of nitrogens with zero attached hydrogens (tertiary/aromatic N) is 2. The SMILES string of the molecule is Cc1ccccc1CC(=O)N1CCN(C(C)C(=O)Nc2ccccc2C(F)(F)F)CC1. The molecular formula is C23H26F3N3O2. The molecule has 1 fully saturated rings. The molecule has 1 heterocycles. The highest BCUT2D eigenvalue weighted by Gasteiger charge is 2.34. The quantitative estimate of drug-likeness (QED) is 0.782. The standard InChI is InChI=1S/C23H26F3N3O2/c1-16-7-3-4-8-18(16)15-21(30)29-13-11-28(12-14-29)17(2)22(31)27-20-10-6-5-9-19(20)23(24,25)26/h3-10,17H,11-15H2,1-2H3,(H,27,31). The number of halogens is 3. The van der Waals surface area contributed by atoms with E-state index in [1.165, 1.54) is 18.2 Å². The Hall–Kier alpha value is -2.87. The molecule has 31 heavy (non-hydrogen) atoms. The Labute approximate surface area is 179 Å². The fourth-order valence-corrected chi connectivity index (χ4v) is 3.68. The van der Waals surface area contributed by atoms with E-state index in [0.717, 1.165) is 17.2 Å². The minimum Gasteiger partial charge on any atom is -0.340 e. The predicted molar refractivity (Wildman–Crippen MR) is 113 cm³/mol. The van der Waals surface area contributed by atoms with Crippen LogP contribution in [0.2, 0.25) is 0 Å². The van der Waals surface area contributed by atoms with Crippen LogP contribution in [0.3, 0.4) is 0 Å². The molecule has 5 nitrogen and oxygen atoms in total. The summed E-state index contributed by atoms with van der Waals surface area (Å²) in [6.07, 6.45) is -4.22. The summed E-state index contributed by atoms with van der Waals surface area (Å²) in [5, 5.41) is 2.41. The molecule has 2 amide bonds. The number of benzene rings is 2. The second-order valence-corrected chi connectivity index (χ2v) is 7.73. The van der Waals surface area contributed by atoms with Crippen LogP contribution in [0.5, 0.6) is 0 Å². The topological polar surface area (TPSA) is 52.7 Å². The summed E-state index contributed by atoms with van der Waals surface area (Å²) in [4.78, 5) is 28.9. The van der Waals surface area contributed by atoms with Crippen molar-refractivity contribution in [2.45, 2.75) is 32.5 Å². The number of anilines is 1. The van der Waals surface area contributed by atoms with Gasteiger partial charge in [-0.05, 0) is 37.1 Å². The molecule has 8 heteroatoms. The first-order valence-electron chi connectivity index (χ1n) is 10.2. The first kappa shape index (κ1) is 22.8. The highest BCUT2D eigenvalue weighted by molar-refractivity contribution is 5.95. The number of para-hydroxylation sites is 1. The fourth-order valence-electron chi connectivity index (χ4n) is 3.68. The van der Waals surface area contributed by atoms with Crippen LogP contribution in [0.15, 0.2) is 48.5 Å². The lowest BCUT2D eigenvalue weighted by molar-refractivity contribution is -0.137. The lowest BCUT2D eigenvalue weighted by atomic mass is 10.0. The van der Waals surface area contributed by atoms with Gasteiger partial charge >= 0.3 is 6.18 Å². The van der Waals surface area contributed by atoms with Gasteiger partial charge in [0.25, 0.3) is 0 Å². The average Bonchev–Trinajstić information content (AvgIpc) is 2.74. The highest BCUT2D eigenvalue weighted by atomic mass is 19.4. The molecule has 0 aromatic heterocycles. The normalized spacial score (nSPS) is 16.1. The number of alkyl halides is 3. The molecule has 1 aliphatic rings. The zero-order valence-corrected chi connectivity index (χ0v) is 17.6. The summed E-state index contributed by atoms with van der Waals surface area (Å²) in [5.41, 5.74) is 0.936. The summed E-state index contributed by atoms with van der Waals surface area (Å²) < 4.78 is 39.5. The first-order valence-corrected chi connectivity index (χ1v) is 10.2. The lowest BCUT2D eigenvalue weighted by Crippen LogP contribution is -2.54. The Bertz CT molecular complexity index is 938. The van der Waals surface area contributed by atoms with E-state index < -0.39 is 23.7 Å². The zero-order valence-electron chi connectivity index (χ0n) is 17.6. The van der Waals surface area contributed by atoms with Gasteiger partial charge in [-0.2, -0.15) is 13.2 Å². The van der Waals surface area contributed by atoms with Gasteiger partial charge in [0.15, 0.2) is 0 Å². The lowest BCUT2D eigenvalue weighted by Gasteiger charge is -2.37. The molecule has 3 rings (SSSR count). The van der Waals surface area contributed by atoms with Gasteiger partial charge in [0.2, 0.25) is 11.8 Å². The number of carbonyl (C=O) groups excluding carboxylic acids is 2. The molecule has 0 bridgehead atoms. The van der Waals surface area contributed by atoms with Gasteiger partial charge in [-0.15, -0.1) is 0 Å². The van der Waals surface area contributed by atoms with Gasteiger partial charge in [0, 0.05) is 26.2 Å². The van der Waals surface area contributed by atoms with E-state index in [2.05, 4.69) is 5.32 Å². The number of carbonyl (C=O) groups is 2. The maximum atomic E-state index is 13.2. The molecular weight excluding hydrogens is 407 g/mol. The maximum absolute atomic E-state index is 13.2. The van der Waals surface area contributed by atoms with Crippen molar-refractivity contribution in [2.75, 3.05) is 31.5 Å². The fraction of sp³-hybridized carbons (Fsp3) is 0.391. The van der Waals surface area contributed by atoms with Crippen LogP contribution in [-0.4, -0.2) is 53.8 Å². The Morgan fingerprint density at radius 2 is 1.61 bits per heavy atom. The Morgan fingerprint density at radius 3 is 2.26 bits per heavy atom. The van der Waals surface area contributed by atoms with Gasteiger partial charge in [0.05, 0.1) is 23.7 Å². The molecule has 0 saturated carbocycles. The second-order valence-electron chi connectivity index (χ2n) is 7.73. The molecule has 1 atom stereocenters. The van der Waals surface area contributed by atoms with Crippen LogP contribution >= 0.6 is 0 Å². The molecule has 2 aromatic rings.